The molecule has 0 aliphatic carbocycles. The molecule has 2 nitrogen and oxygen atoms in total. The van der Waals surface area contributed by atoms with Crippen LogP contribution in [0.5, 0.6) is 0 Å². The largest absolute Gasteiger partial charge is 0.330 e. The molecular weight excluding hydrogens is 192 g/mol. The maximum Gasteiger partial charge on any atom is -0.000588 e. The highest BCUT2D eigenvalue weighted by atomic mass is 32.2. The molecule has 0 aromatic heterocycles. The van der Waals surface area contributed by atoms with E-state index < -0.39 is 0 Å². The minimum atomic E-state index is 0.622. The van der Waals surface area contributed by atoms with Crippen molar-refractivity contribution >= 4 is 11.8 Å². The van der Waals surface area contributed by atoms with Crippen LogP contribution in [0.2, 0.25) is 0 Å². The fourth-order valence-corrected chi connectivity index (χ4v) is 2.14. The summed E-state index contributed by atoms with van der Waals surface area (Å²) in [5.74, 6) is 3.30. The summed E-state index contributed by atoms with van der Waals surface area (Å²) in [6, 6.07) is 0. The fraction of sp³-hybridized carbons (Fsp3) is 1.00. The quantitative estimate of drug-likeness (QED) is 0.652. The molecule has 0 aromatic carbocycles. The summed E-state index contributed by atoms with van der Waals surface area (Å²) in [6.07, 6.45) is 2.16. The van der Waals surface area contributed by atoms with Crippen LogP contribution in [0.15, 0.2) is 0 Å². The monoisotopic (exact) mass is 218 g/mol. The fourth-order valence-electron chi connectivity index (χ4n) is 1.45. The summed E-state index contributed by atoms with van der Waals surface area (Å²) in [4.78, 5) is 0. The second-order valence-electron chi connectivity index (χ2n) is 4.46. The van der Waals surface area contributed by atoms with E-state index in [9.17, 15) is 0 Å². The highest BCUT2D eigenvalue weighted by molar-refractivity contribution is 7.98. The van der Waals surface area contributed by atoms with E-state index >= 15 is 0 Å². The van der Waals surface area contributed by atoms with Gasteiger partial charge in [0.2, 0.25) is 0 Å². The Morgan fingerprint density at radius 3 is 2.29 bits per heavy atom. The van der Waals surface area contributed by atoms with Gasteiger partial charge in [0.1, 0.15) is 0 Å². The Morgan fingerprint density at radius 1 is 1.21 bits per heavy atom. The molecule has 14 heavy (non-hydrogen) atoms. The van der Waals surface area contributed by atoms with Crippen molar-refractivity contribution in [3.05, 3.63) is 0 Å². The van der Waals surface area contributed by atoms with Gasteiger partial charge in [-0.1, -0.05) is 20.8 Å². The third kappa shape index (κ3) is 6.68. The SMILES string of the molecule is CSCC(C)CNCC(CN)C(C)C. The molecule has 86 valence electrons. The lowest BCUT2D eigenvalue weighted by atomic mass is 9.96. The molecule has 2 atom stereocenters. The van der Waals surface area contributed by atoms with Gasteiger partial charge in [-0.05, 0) is 49.4 Å². The maximum absolute atomic E-state index is 5.71. The van der Waals surface area contributed by atoms with Crippen molar-refractivity contribution in [2.45, 2.75) is 20.8 Å². The second-order valence-corrected chi connectivity index (χ2v) is 5.37. The molecule has 0 bridgehead atoms. The summed E-state index contributed by atoms with van der Waals surface area (Å²) in [6.45, 7) is 9.74. The van der Waals surface area contributed by atoms with Crippen molar-refractivity contribution in [2.24, 2.45) is 23.5 Å². The van der Waals surface area contributed by atoms with E-state index in [1.807, 2.05) is 11.8 Å². The van der Waals surface area contributed by atoms with Crippen LogP contribution in [0.3, 0.4) is 0 Å². The standard InChI is InChI=1S/C11H26N2S/c1-9(2)11(5-12)7-13-6-10(3)8-14-4/h9-11,13H,5-8,12H2,1-4H3. The van der Waals surface area contributed by atoms with E-state index in [0.717, 1.165) is 25.6 Å². The average Bonchev–Trinajstić information content (AvgIpc) is 2.12. The molecule has 0 aliphatic heterocycles. The molecule has 0 aliphatic rings. The number of rotatable bonds is 8. The first kappa shape index (κ1) is 14.3. The third-order valence-corrected chi connectivity index (χ3v) is 3.50. The number of nitrogens with one attached hydrogen (secondary N) is 1. The maximum atomic E-state index is 5.71. The number of nitrogens with two attached hydrogens (primary N) is 1. The first-order valence-electron chi connectivity index (χ1n) is 5.51. The van der Waals surface area contributed by atoms with E-state index in [1.54, 1.807) is 0 Å². The van der Waals surface area contributed by atoms with Gasteiger partial charge < -0.3 is 11.1 Å². The van der Waals surface area contributed by atoms with Crippen molar-refractivity contribution in [3.8, 4) is 0 Å². The van der Waals surface area contributed by atoms with Crippen LogP contribution in [-0.2, 0) is 0 Å². The molecule has 0 spiro atoms. The van der Waals surface area contributed by atoms with E-state index in [0.29, 0.717) is 11.8 Å². The molecule has 2 unspecified atom stereocenters. The van der Waals surface area contributed by atoms with Crippen molar-refractivity contribution in [1.29, 1.82) is 0 Å². The van der Waals surface area contributed by atoms with Crippen LogP contribution in [0.4, 0.5) is 0 Å². The first-order valence-corrected chi connectivity index (χ1v) is 6.90. The predicted octanol–water partition coefficient (Wildman–Crippen LogP) is 1.81. The topological polar surface area (TPSA) is 38.0 Å². The predicted molar refractivity (Wildman–Crippen MR) is 67.8 cm³/mol. The number of thioether (sulfide) groups is 1. The Hall–Kier alpha value is 0.270. The molecule has 0 rings (SSSR count). The van der Waals surface area contributed by atoms with Gasteiger partial charge in [-0.3, -0.25) is 0 Å². The molecule has 3 heteroatoms. The zero-order valence-corrected chi connectivity index (χ0v) is 10.9. The van der Waals surface area contributed by atoms with Gasteiger partial charge in [0.25, 0.3) is 0 Å². The van der Waals surface area contributed by atoms with Gasteiger partial charge in [0, 0.05) is 0 Å². The molecule has 0 saturated heterocycles. The minimum absolute atomic E-state index is 0.622. The Labute approximate surface area is 93.4 Å². The van der Waals surface area contributed by atoms with Crippen LogP contribution < -0.4 is 11.1 Å². The van der Waals surface area contributed by atoms with Crippen LogP contribution in [-0.4, -0.2) is 31.6 Å². The van der Waals surface area contributed by atoms with Crippen molar-refractivity contribution in [3.63, 3.8) is 0 Å². The van der Waals surface area contributed by atoms with Crippen LogP contribution in [0.25, 0.3) is 0 Å². The highest BCUT2D eigenvalue weighted by Crippen LogP contribution is 2.08. The van der Waals surface area contributed by atoms with Crippen LogP contribution in [0, 0.1) is 17.8 Å². The van der Waals surface area contributed by atoms with E-state index in [-0.39, 0.29) is 0 Å². The zero-order valence-electron chi connectivity index (χ0n) is 10.0. The highest BCUT2D eigenvalue weighted by Gasteiger charge is 2.11. The Bertz CT molecular complexity index is 128. The Kier molecular flexibility index (Phi) is 8.73. The second kappa shape index (κ2) is 8.57. The summed E-state index contributed by atoms with van der Waals surface area (Å²) in [5.41, 5.74) is 5.71. The molecule has 0 heterocycles. The smallest absolute Gasteiger partial charge is 0.000588 e. The van der Waals surface area contributed by atoms with E-state index in [2.05, 4.69) is 32.3 Å². The van der Waals surface area contributed by atoms with Crippen LogP contribution in [0.1, 0.15) is 20.8 Å². The van der Waals surface area contributed by atoms with Gasteiger partial charge >= 0.3 is 0 Å². The molecule has 0 saturated carbocycles. The van der Waals surface area contributed by atoms with Crippen molar-refractivity contribution in [2.75, 3.05) is 31.6 Å². The van der Waals surface area contributed by atoms with Crippen LogP contribution >= 0.6 is 11.8 Å². The van der Waals surface area contributed by atoms with Gasteiger partial charge in [0.15, 0.2) is 0 Å². The van der Waals surface area contributed by atoms with Crippen molar-refractivity contribution < 1.29 is 0 Å². The van der Waals surface area contributed by atoms with Gasteiger partial charge in [-0.25, -0.2) is 0 Å². The average molecular weight is 218 g/mol. The van der Waals surface area contributed by atoms with Crippen molar-refractivity contribution in [1.82, 2.24) is 5.32 Å². The van der Waals surface area contributed by atoms with Gasteiger partial charge in [-0.2, -0.15) is 11.8 Å². The van der Waals surface area contributed by atoms with Gasteiger partial charge in [0.05, 0.1) is 0 Å². The summed E-state index contributed by atoms with van der Waals surface area (Å²) in [7, 11) is 0. The van der Waals surface area contributed by atoms with E-state index in [4.69, 9.17) is 5.73 Å². The molecule has 0 radical (unpaired) electrons. The molecule has 3 N–H and O–H groups in total. The summed E-state index contributed by atoms with van der Waals surface area (Å²) >= 11 is 1.92. The lowest BCUT2D eigenvalue weighted by Gasteiger charge is -2.20. The lowest BCUT2D eigenvalue weighted by molar-refractivity contribution is 0.363. The Morgan fingerprint density at radius 2 is 1.86 bits per heavy atom. The zero-order chi connectivity index (χ0) is 11.0. The lowest BCUT2D eigenvalue weighted by Crippen LogP contribution is -2.34. The Balaban J connectivity index is 3.50. The minimum Gasteiger partial charge on any atom is -0.330 e. The number of hydrogen-bond acceptors (Lipinski definition) is 3. The number of hydrogen-bond donors (Lipinski definition) is 2. The first-order chi connectivity index (χ1) is 6.61. The molecular formula is C11H26N2S. The normalized spacial score (nSPS) is 15.9. The summed E-state index contributed by atoms with van der Waals surface area (Å²) in [5, 5.41) is 3.51. The molecule has 0 fully saturated rings. The molecule has 0 aromatic rings. The van der Waals surface area contributed by atoms with E-state index in [1.165, 1.54) is 5.75 Å². The summed E-state index contributed by atoms with van der Waals surface area (Å²) < 4.78 is 0. The van der Waals surface area contributed by atoms with Gasteiger partial charge in [-0.15, -0.1) is 0 Å². The third-order valence-electron chi connectivity index (χ3n) is 2.60. The molecule has 0 amide bonds.